The highest BCUT2D eigenvalue weighted by atomic mass is 16.2. The number of Topliss-reactive ketones (excluding diaryl/α,β-unsaturated/α-hetero) is 2. The first kappa shape index (κ1) is 9.44. The second-order valence-electron chi connectivity index (χ2n) is 4.80. The minimum atomic E-state index is -2.63. The second kappa shape index (κ2) is 4.80. The molecule has 0 aliphatic heterocycles. The molecule has 1 saturated carbocycles. The molecular formula is C15H15N3O3. The normalized spacial score (nSPS) is 27.9. The van der Waals surface area contributed by atoms with Gasteiger partial charge in [-0.15, -0.1) is 0 Å². The number of ketones is 2. The lowest BCUT2D eigenvalue weighted by Gasteiger charge is -2.24. The molecule has 0 saturated heterocycles. The minimum absolute atomic E-state index is 0.0146. The molecule has 1 aromatic heterocycles. The molecule has 0 bridgehead atoms. The number of hydrogen-bond donors (Lipinski definition) is 1. The summed E-state index contributed by atoms with van der Waals surface area (Å²) < 4.78 is 33.1. The average molecular weight is 289 g/mol. The van der Waals surface area contributed by atoms with Gasteiger partial charge in [0, 0.05) is 14.8 Å². The van der Waals surface area contributed by atoms with Crippen LogP contribution in [0.2, 0.25) is 0 Å². The molecule has 1 fully saturated rings. The monoisotopic (exact) mass is 289 g/mol. The van der Waals surface area contributed by atoms with Gasteiger partial charge in [0.05, 0.1) is 26.1 Å². The Bertz CT molecular complexity index is 1000. The third kappa shape index (κ3) is 2.12. The largest absolute Gasteiger partial charge is 0.398 e. The topological polar surface area (TPSA) is 95.0 Å². The van der Waals surface area contributed by atoms with E-state index in [9.17, 15) is 14.4 Å². The van der Waals surface area contributed by atoms with Crippen molar-refractivity contribution in [1.29, 1.82) is 0 Å². The van der Waals surface area contributed by atoms with Crippen molar-refractivity contribution in [3.05, 3.63) is 34.4 Å². The number of rotatable bonds is 1. The van der Waals surface area contributed by atoms with E-state index in [1.165, 1.54) is 19.1 Å². The molecule has 1 heterocycles. The SMILES string of the molecule is [2H]c1ccc(N)c2c(=O)n(C3([2H])C(=O)CC(=O)CC3([2H])[2H])c(C)nc12. The Labute approximate surface area is 126 Å². The van der Waals surface area contributed by atoms with E-state index < -0.39 is 42.4 Å². The Morgan fingerprint density at radius 2 is 2.29 bits per heavy atom. The third-order valence-electron chi connectivity index (χ3n) is 3.32. The summed E-state index contributed by atoms with van der Waals surface area (Å²) in [5.41, 5.74) is 4.96. The summed E-state index contributed by atoms with van der Waals surface area (Å²) in [5.74, 6) is -1.73. The minimum Gasteiger partial charge on any atom is -0.398 e. The fourth-order valence-electron chi connectivity index (χ4n) is 2.36. The van der Waals surface area contributed by atoms with Gasteiger partial charge in [0.15, 0.2) is 5.78 Å². The molecule has 0 radical (unpaired) electrons. The highest BCUT2D eigenvalue weighted by Gasteiger charge is 2.30. The van der Waals surface area contributed by atoms with Crippen molar-refractivity contribution in [2.75, 3.05) is 5.73 Å². The van der Waals surface area contributed by atoms with Gasteiger partial charge >= 0.3 is 0 Å². The van der Waals surface area contributed by atoms with E-state index >= 15 is 0 Å². The maximum atomic E-state index is 13.0. The summed E-state index contributed by atoms with van der Waals surface area (Å²) in [5, 5.41) is -0.148. The van der Waals surface area contributed by atoms with E-state index in [1.54, 1.807) is 0 Å². The van der Waals surface area contributed by atoms with Gasteiger partial charge < -0.3 is 5.73 Å². The molecule has 6 nitrogen and oxygen atoms in total. The molecule has 1 aromatic carbocycles. The van der Waals surface area contributed by atoms with Crippen molar-refractivity contribution < 1.29 is 15.1 Å². The molecule has 2 N–H and O–H groups in total. The van der Waals surface area contributed by atoms with Crippen LogP contribution >= 0.6 is 0 Å². The van der Waals surface area contributed by atoms with Gasteiger partial charge in [-0.2, -0.15) is 0 Å². The maximum Gasteiger partial charge on any atom is 0.264 e. The summed E-state index contributed by atoms with van der Waals surface area (Å²) in [7, 11) is 0. The fraction of sp³-hybridized carbons (Fsp3) is 0.333. The fourth-order valence-corrected chi connectivity index (χ4v) is 2.36. The van der Waals surface area contributed by atoms with Gasteiger partial charge in [-0.1, -0.05) is 6.07 Å². The van der Waals surface area contributed by atoms with E-state index in [1.807, 2.05) is 0 Å². The van der Waals surface area contributed by atoms with Crippen molar-refractivity contribution in [3.8, 4) is 0 Å². The Balaban J connectivity index is 2.44. The molecule has 1 aliphatic rings. The number of nitrogens with zero attached hydrogens (tertiary/aromatic N) is 2. The van der Waals surface area contributed by atoms with Gasteiger partial charge in [-0.3, -0.25) is 19.0 Å². The molecule has 1 aliphatic carbocycles. The Hall–Kier alpha value is -2.50. The molecule has 0 amide bonds. The van der Waals surface area contributed by atoms with Crippen LogP contribution < -0.4 is 11.3 Å². The van der Waals surface area contributed by atoms with Crippen molar-refractivity contribution in [1.82, 2.24) is 9.55 Å². The van der Waals surface area contributed by atoms with Gasteiger partial charge in [-0.05, 0) is 25.4 Å². The van der Waals surface area contributed by atoms with Crippen LogP contribution in [0.4, 0.5) is 5.69 Å². The first-order valence-electron chi connectivity index (χ1n) is 8.34. The number of aromatic nitrogens is 2. The Kier molecular flexibility index (Phi) is 2.16. The van der Waals surface area contributed by atoms with E-state index in [2.05, 4.69) is 4.98 Å². The van der Waals surface area contributed by atoms with Crippen LogP contribution in [-0.4, -0.2) is 21.1 Å². The number of anilines is 1. The number of nitrogen functional groups attached to an aromatic ring is 1. The number of carbonyl (C=O) groups is 2. The van der Waals surface area contributed by atoms with E-state index in [4.69, 9.17) is 11.2 Å². The molecule has 108 valence electrons. The zero-order valence-corrected chi connectivity index (χ0v) is 11.3. The first-order chi connectivity index (χ1) is 11.5. The van der Waals surface area contributed by atoms with Gasteiger partial charge in [0.25, 0.3) is 5.56 Å². The quantitative estimate of drug-likeness (QED) is 0.627. The lowest BCUT2D eigenvalue weighted by atomic mass is 9.92. The van der Waals surface area contributed by atoms with Crippen LogP contribution in [0.15, 0.2) is 23.0 Å². The lowest BCUT2D eigenvalue weighted by molar-refractivity contribution is -0.132. The zero-order valence-electron chi connectivity index (χ0n) is 15.3. The van der Waals surface area contributed by atoms with Crippen molar-refractivity contribution in [2.24, 2.45) is 0 Å². The van der Waals surface area contributed by atoms with Crippen LogP contribution in [0.1, 0.15) is 36.5 Å². The van der Waals surface area contributed by atoms with E-state index in [-0.39, 0.29) is 28.5 Å². The Morgan fingerprint density at radius 1 is 1.52 bits per heavy atom. The summed E-state index contributed by atoms with van der Waals surface area (Å²) in [6, 6.07) is 0.0240. The molecule has 21 heavy (non-hydrogen) atoms. The van der Waals surface area contributed by atoms with Crippen LogP contribution in [0.3, 0.4) is 0 Å². The van der Waals surface area contributed by atoms with Crippen molar-refractivity contribution >= 4 is 28.2 Å². The standard InChI is InChI=1S/C15H15N3O3/c1-8-17-11-4-2-3-10(16)14(11)15(21)18(8)12-6-5-9(19)7-13(12)20/h2-4,12H,5-7,16H2,1H3/i4D,6D2,12D. The highest BCUT2D eigenvalue weighted by Crippen LogP contribution is 2.24. The van der Waals surface area contributed by atoms with E-state index in [0.29, 0.717) is 4.57 Å². The smallest absolute Gasteiger partial charge is 0.264 e. The number of nitrogens with two attached hydrogens (primary N) is 1. The highest BCUT2D eigenvalue weighted by molar-refractivity contribution is 6.03. The summed E-state index contributed by atoms with van der Waals surface area (Å²) >= 11 is 0. The lowest BCUT2D eigenvalue weighted by Crippen LogP contribution is -2.36. The molecular weight excluding hydrogens is 270 g/mol. The van der Waals surface area contributed by atoms with Crippen molar-refractivity contribution in [3.63, 3.8) is 0 Å². The second-order valence-corrected chi connectivity index (χ2v) is 4.80. The third-order valence-corrected chi connectivity index (χ3v) is 3.32. The van der Waals surface area contributed by atoms with Gasteiger partial charge in [0.1, 0.15) is 11.6 Å². The average Bonchev–Trinajstić information content (AvgIpc) is 2.48. The number of hydrogen-bond acceptors (Lipinski definition) is 5. The van der Waals surface area contributed by atoms with Crippen LogP contribution in [-0.2, 0) is 9.59 Å². The summed E-state index contributed by atoms with van der Waals surface area (Å²) in [4.78, 5) is 41.1. The van der Waals surface area contributed by atoms with Crippen LogP contribution in [0.5, 0.6) is 0 Å². The predicted octanol–water partition coefficient (Wildman–Crippen LogP) is 1.15. The molecule has 6 heteroatoms. The number of carbonyl (C=O) groups excluding carboxylic acids is 2. The Morgan fingerprint density at radius 3 is 3.00 bits per heavy atom. The molecule has 2 aromatic rings. The molecule has 3 rings (SSSR count). The predicted molar refractivity (Wildman–Crippen MR) is 78.1 cm³/mol. The molecule has 1 unspecified atom stereocenters. The number of fused-ring (bicyclic) bond motifs is 1. The van der Waals surface area contributed by atoms with Crippen LogP contribution in [0, 0.1) is 6.92 Å². The number of aryl methyl sites for hydroxylation is 1. The number of benzene rings is 1. The van der Waals surface area contributed by atoms with Gasteiger partial charge in [0.2, 0.25) is 0 Å². The molecule has 0 spiro atoms. The van der Waals surface area contributed by atoms with Crippen molar-refractivity contribution in [2.45, 2.75) is 32.2 Å². The maximum absolute atomic E-state index is 13.0. The molecule has 1 atom stereocenters. The summed E-state index contributed by atoms with van der Waals surface area (Å²) in [6.45, 7) is 1.35. The van der Waals surface area contributed by atoms with E-state index in [0.717, 1.165) is 0 Å². The van der Waals surface area contributed by atoms with Gasteiger partial charge in [-0.25, -0.2) is 4.98 Å². The van der Waals surface area contributed by atoms with Crippen LogP contribution in [0.25, 0.3) is 10.9 Å². The summed E-state index contributed by atoms with van der Waals surface area (Å²) in [6.07, 6.45) is -3.86. The zero-order chi connectivity index (χ0) is 18.7. The first-order valence-corrected chi connectivity index (χ1v) is 6.34.